The number of aliphatic hydroxyl groups excluding tert-OH is 2. The van der Waals surface area contributed by atoms with Gasteiger partial charge in [-0.05, 0) is 42.4 Å². The Kier molecular flexibility index (Phi) is 4.93. The van der Waals surface area contributed by atoms with Crippen molar-refractivity contribution in [2.75, 3.05) is 13.2 Å². The number of rotatable bonds is 5. The van der Waals surface area contributed by atoms with Crippen LogP contribution in [0.2, 0.25) is 0 Å². The van der Waals surface area contributed by atoms with Crippen LogP contribution in [0.25, 0.3) is 0 Å². The van der Waals surface area contributed by atoms with Crippen LogP contribution >= 0.6 is 0 Å². The number of aliphatic hydroxyl groups is 2. The summed E-state index contributed by atoms with van der Waals surface area (Å²) in [6, 6.07) is 6.94. The molecule has 3 N–H and O–H groups in total. The Morgan fingerprint density at radius 1 is 1.16 bits per heavy atom. The molecule has 4 nitrogen and oxygen atoms in total. The molecular formula is C15H21NO3. The van der Waals surface area contributed by atoms with Crippen LogP contribution in [0, 0.1) is 11.8 Å². The SMILES string of the molecule is O=C(NCC1CCCC1CO)c1ccc(CO)cc1. The van der Waals surface area contributed by atoms with Gasteiger partial charge in [-0.3, -0.25) is 4.79 Å². The first-order chi connectivity index (χ1) is 9.24. The van der Waals surface area contributed by atoms with Crippen molar-refractivity contribution in [3.63, 3.8) is 0 Å². The highest BCUT2D eigenvalue weighted by atomic mass is 16.3. The number of carbonyl (C=O) groups excluding carboxylic acids is 1. The third kappa shape index (κ3) is 3.55. The normalized spacial score (nSPS) is 22.4. The maximum Gasteiger partial charge on any atom is 0.251 e. The molecule has 0 heterocycles. The van der Waals surface area contributed by atoms with E-state index in [1.54, 1.807) is 24.3 Å². The lowest BCUT2D eigenvalue weighted by Gasteiger charge is -2.17. The van der Waals surface area contributed by atoms with Crippen molar-refractivity contribution in [1.29, 1.82) is 0 Å². The molecule has 0 spiro atoms. The van der Waals surface area contributed by atoms with E-state index in [0.717, 1.165) is 24.8 Å². The molecule has 0 aliphatic heterocycles. The number of hydrogen-bond acceptors (Lipinski definition) is 3. The van der Waals surface area contributed by atoms with Gasteiger partial charge in [-0.1, -0.05) is 18.6 Å². The summed E-state index contributed by atoms with van der Waals surface area (Å²) in [6.07, 6.45) is 3.27. The molecule has 0 radical (unpaired) electrons. The van der Waals surface area contributed by atoms with Gasteiger partial charge < -0.3 is 15.5 Å². The minimum Gasteiger partial charge on any atom is -0.396 e. The number of nitrogens with one attached hydrogen (secondary N) is 1. The Morgan fingerprint density at radius 3 is 2.47 bits per heavy atom. The van der Waals surface area contributed by atoms with E-state index in [4.69, 9.17) is 5.11 Å². The molecule has 104 valence electrons. The third-order valence-electron chi connectivity index (χ3n) is 3.97. The van der Waals surface area contributed by atoms with Crippen molar-refractivity contribution in [3.05, 3.63) is 35.4 Å². The maximum absolute atomic E-state index is 12.0. The summed E-state index contributed by atoms with van der Waals surface area (Å²) in [4.78, 5) is 12.0. The number of benzene rings is 1. The van der Waals surface area contributed by atoms with E-state index in [1.807, 2.05) is 0 Å². The Hall–Kier alpha value is -1.39. The van der Waals surface area contributed by atoms with Gasteiger partial charge in [0.05, 0.1) is 6.61 Å². The van der Waals surface area contributed by atoms with Crippen molar-refractivity contribution in [2.24, 2.45) is 11.8 Å². The molecule has 2 unspecified atom stereocenters. The fraction of sp³-hybridized carbons (Fsp3) is 0.533. The summed E-state index contributed by atoms with van der Waals surface area (Å²) < 4.78 is 0. The molecule has 1 aromatic rings. The molecule has 1 amide bonds. The second-order valence-corrected chi connectivity index (χ2v) is 5.20. The van der Waals surface area contributed by atoms with Crippen LogP contribution in [0.4, 0.5) is 0 Å². The number of amides is 1. The highest BCUT2D eigenvalue weighted by Crippen LogP contribution is 2.30. The topological polar surface area (TPSA) is 69.6 Å². The van der Waals surface area contributed by atoms with Crippen LogP contribution < -0.4 is 5.32 Å². The molecule has 1 fully saturated rings. The average Bonchev–Trinajstić information content (AvgIpc) is 2.92. The van der Waals surface area contributed by atoms with E-state index in [0.29, 0.717) is 23.9 Å². The van der Waals surface area contributed by atoms with Crippen LogP contribution in [0.5, 0.6) is 0 Å². The molecule has 2 atom stereocenters. The van der Waals surface area contributed by atoms with Crippen LogP contribution in [-0.2, 0) is 6.61 Å². The van der Waals surface area contributed by atoms with Gasteiger partial charge in [0.2, 0.25) is 0 Å². The van der Waals surface area contributed by atoms with Gasteiger partial charge in [0.25, 0.3) is 5.91 Å². The van der Waals surface area contributed by atoms with Crippen LogP contribution in [0.1, 0.15) is 35.2 Å². The first-order valence-electron chi connectivity index (χ1n) is 6.83. The van der Waals surface area contributed by atoms with Crippen molar-refractivity contribution < 1.29 is 15.0 Å². The van der Waals surface area contributed by atoms with Crippen molar-refractivity contribution in [2.45, 2.75) is 25.9 Å². The Balaban J connectivity index is 1.86. The fourth-order valence-corrected chi connectivity index (χ4v) is 2.71. The molecule has 4 heteroatoms. The Bertz CT molecular complexity index is 416. The van der Waals surface area contributed by atoms with Gasteiger partial charge in [0.1, 0.15) is 0 Å². The molecule has 0 bridgehead atoms. The molecule has 19 heavy (non-hydrogen) atoms. The molecule has 1 saturated carbocycles. The Labute approximate surface area is 113 Å². The highest BCUT2D eigenvalue weighted by Gasteiger charge is 2.26. The molecule has 0 saturated heterocycles. The van der Waals surface area contributed by atoms with E-state index >= 15 is 0 Å². The zero-order chi connectivity index (χ0) is 13.7. The second kappa shape index (κ2) is 6.68. The first-order valence-corrected chi connectivity index (χ1v) is 6.83. The zero-order valence-electron chi connectivity index (χ0n) is 11.0. The summed E-state index contributed by atoms with van der Waals surface area (Å²) in [7, 11) is 0. The van der Waals surface area contributed by atoms with E-state index in [1.165, 1.54) is 0 Å². The summed E-state index contributed by atoms with van der Waals surface area (Å²) in [5, 5.41) is 21.1. The first kappa shape index (κ1) is 14.0. The minimum atomic E-state index is -0.0897. The van der Waals surface area contributed by atoms with Crippen molar-refractivity contribution in [1.82, 2.24) is 5.32 Å². The fourth-order valence-electron chi connectivity index (χ4n) is 2.71. The summed E-state index contributed by atoms with van der Waals surface area (Å²) in [5.41, 5.74) is 1.41. The number of hydrogen-bond donors (Lipinski definition) is 3. The molecule has 1 aliphatic carbocycles. The zero-order valence-corrected chi connectivity index (χ0v) is 11.0. The van der Waals surface area contributed by atoms with Gasteiger partial charge in [-0.15, -0.1) is 0 Å². The quantitative estimate of drug-likeness (QED) is 0.750. The third-order valence-corrected chi connectivity index (χ3v) is 3.97. The summed E-state index contributed by atoms with van der Waals surface area (Å²) in [5.74, 6) is 0.635. The average molecular weight is 263 g/mol. The molecule has 1 aliphatic rings. The maximum atomic E-state index is 12.0. The standard InChI is InChI=1S/C15H21NO3/c17-9-11-4-6-12(7-5-11)15(19)16-8-13-2-1-3-14(13)10-18/h4-7,13-14,17-18H,1-3,8-10H2,(H,16,19). The van der Waals surface area contributed by atoms with Crippen LogP contribution in [-0.4, -0.2) is 29.3 Å². The largest absolute Gasteiger partial charge is 0.396 e. The van der Waals surface area contributed by atoms with Crippen molar-refractivity contribution >= 4 is 5.91 Å². The second-order valence-electron chi connectivity index (χ2n) is 5.20. The molecule has 0 aromatic heterocycles. The van der Waals surface area contributed by atoms with Gasteiger partial charge in [0, 0.05) is 18.7 Å². The van der Waals surface area contributed by atoms with E-state index in [2.05, 4.69) is 5.32 Å². The van der Waals surface area contributed by atoms with Gasteiger partial charge >= 0.3 is 0 Å². The summed E-state index contributed by atoms with van der Waals surface area (Å²) in [6.45, 7) is 0.833. The number of carbonyl (C=O) groups is 1. The Morgan fingerprint density at radius 2 is 1.84 bits per heavy atom. The predicted molar refractivity (Wildman–Crippen MR) is 72.6 cm³/mol. The summed E-state index contributed by atoms with van der Waals surface area (Å²) >= 11 is 0. The molecule has 2 rings (SSSR count). The molecule has 1 aromatic carbocycles. The van der Waals surface area contributed by atoms with Crippen molar-refractivity contribution in [3.8, 4) is 0 Å². The van der Waals surface area contributed by atoms with Crippen LogP contribution in [0.3, 0.4) is 0 Å². The minimum absolute atomic E-state index is 0.0118. The van der Waals surface area contributed by atoms with E-state index in [9.17, 15) is 9.90 Å². The predicted octanol–water partition coefficient (Wildman–Crippen LogP) is 1.32. The van der Waals surface area contributed by atoms with E-state index in [-0.39, 0.29) is 19.1 Å². The van der Waals surface area contributed by atoms with Crippen LogP contribution in [0.15, 0.2) is 24.3 Å². The molecular weight excluding hydrogens is 242 g/mol. The van der Waals surface area contributed by atoms with E-state index < -0.39 is 0 Å². The van der Waals surface area contributed by atoms with Gasteiger partial charge in [-0.25, -0.2) is 0 Å². The van der Waals surface area contributed by atoms with Gasteiger partial charge in [0.15, 0.2) is 0 Å². The highest BCUT2D eigenvalue weighted by molar-refractivity contribution is 5.94. The lowest BCUT2D eigenvalue weighted by molar-refractivity contribution is 0.0937. The smallest absolute Gasteiger partial charge is 0.251 e. The lowest BCUT2D eigenvalue weighted by Crippen LogP contribution is -2.31. The lowest BCUT2D eigenvalue weighted by atomic mass is 9.97. The monoisotopic (exact) mass is 263 g/mol. The van der Waals surface area contributed by atoms with Gasteiger partial charge in [-0.2, -0.15) is 0 Å².